The van der Waals surface area contributed by atoms with Gasteiger partial charge in [-0.25, -0.2) is 0 Å². The minimum Gasteiger partial charge on any atom is -0.469 e. The highest BCUT2D eigenvalue weighted by molar-refractivity contribution is 7.13. The monoisotopic (exact) mass is 256 g/mol. The molecule has 1 aliphatic rings. The Bertz CT molecular complexity index is 349. The first-order valence-corrected chi connectivity index (χ1v) is 6.48. The van der Waals surface area contributed by atoms with E-state index in [-0.39, 0.29) is 5.97 Å². The molecule has 6 nitrogen and oxygen atoms in total. The van der Waals surface area contributed by atoms with Crippen LogP contribution in [0.15, 0.2) is 5.51 Å². The van der Waals surface area contributed by atoms with E-state index >= 15 is 0 Å². The highest BCUT2D eigenvalue weighted by atomic mass is 32.1. The standard InChI is InChI=1S/C10H16N4O2S/c1-16-9(15)2-3-13-4-6-14(7-5-13)10-12-11-8-17-10/h8H,2-7H2,1H3. The number of aromatic nitrogens is 2. The molecule has 0 saturated carbocycles. The average molecular weight is 256 g/mol. The molecule has 0 amide bonds. The molecule has 0 radical (unpaired) electrons. The molecule has 0 N–H and O–H groups in total. The highest BCUT2D eigenvalue weighted by Crippen LogP contribution is 2.17. The predicted molar refractivity (Wildman–Crippen MR) is 65.2 cm³/mol. The van der Waals surface area contributed by atoms with E-state index < -0.39 is 0 Å². The van der Waals surface area contributed by atoms with Gasteiger partial charge in [-0.3, -0.25) is 9.69 Å². The van der Waals surface area contributed by atoms with Crippen molar-refractivity contribution in [1.82, 2.24) is 15.1 Å². The zero-order valence-corrected chi connectivity index (χ0v) is 10.7. The van der Waals surface area contributed by atoms with Crippen molar-refractivity contribution in [2.45, 2.75) is 6.42 Å². The van der Waals surface area contributed by atoms with Crippen LogP contribution in [0.1, 0.15) is 6.42 Å². The summed E-state index contributed by atoms with van der Waals surface area (Å²) in [7, 11) is 1.43. The van der Waals surface area contributed by atoms with Gasteiger partial charge in [0.2, 0.25) is 5.13 Å². The van der Waals surface area contributed by atoms with Gasteiger partial charge in [-0.05, 0) is 0 Å². The number of carbonyl (C=O) groups excluding carboxylic acids is 1. The van der Waals surface area contributed by atoms with Gasteiger partial charge in [0, 0.05) is 32.7 Å². The molecule has 0 unspecified atom stereocenters. The smallest absolute Gasteiger partial charge is 0.306 e. The van der Waals surface area contributed by atoms with E-state index in [1.807, 2.05) is 0 Å². The zero-order chi connectivity index (χ0) is 12.1. The normalized spacial score (nSPS) is 17.1. The van der Waals surface area contributed by atoms with Crippen molar-refractivity contribution < 1.29 is 9.53 Å². The predicted octanol–water partition coefficient (Wildman–Crippen LogP) is 0.223. The van der Waals surface area contributed by atoms with Crippen LogP contribution in [0.2, 0.25) is 0 Å². The van der Waals surface area contributed by atoms with Gasteiger partial charge in [0.05, 0.1) is 13.5 Å². The van der Waals surface area contributed by atoms with Crippen LogP contribution in [0.25, 0.3) is 0 Å². The molecule has 17 heavy (non-hydrogen) atoms. The Labute approximate surface area is 104 Å². The van der Waals surface area contributed by atoms with Crippen molar-refractivity contribution in [2.75, 3.05) is 44.7 Å². The van der Waals surface area contributed by atoms with Crippen LogP contribution in [-0.2, 0) is 9.53 Å². The van der Waals surface area contributed by atoms with Crippen molar-refractivity contribution in [3.8, 4) is 0 Å². The SMILES string of the molecule is COC(=O)CCN1CCN(c2nncs2)CC1. The Kier molecular flexibility index (Phi) is 4.27. The van der Waals surface area contributed by atoms with Crippen LogP contribution < -0.4 is 4.90 Å². The van der Waals surface area contributed by atoms with Crippen LogP contribution in [0.5, 0.6) is 0 Å². The largest absolute Gasteiger partial charge is 0.469 e. The molecule has 2 rings (SSSR count). The third kappa shape index (κ3) is 3.37. The van der Waals surface area contributed by atoms with Crippen LogP contribution in [0.4, 0.5) is 5.13 Å². The van der Waals surface area contributed by atoms with Crippen molar-refractivity contribution in [1.29, 1.82) is 0 Å². The number of methoxy groups -OCH3 is 1. The van der Waals surface area contributed by atoms with Crippen molar-refractivity contribution in [2.24, 2.45) is 0 Å². The molecule has 1 aromatic rings. The number of hydrogen-bond donors (Lipinski definition) is 0. The van der Waals surface area contributed by atoms with Gasteiger partial charge in [0.25, 0.3) is 0 Å². The van der Waals surface area contributed by atoms with Crippen LogP contribution >= 0.6 is 11.3 Å². The van der Waals surface area contributed by atoms with Gasteiger partial charge in [-0.2, -0.15) is 0 Å². The maximum atomic E-state index is 11.0. The molecule has 1 aliphatic heterocycles. The molecule has 0 atom stereocenters. The Balaban J connectivity index is 1.73. The lowest BCUT2D eigenvalue weighted by Gasteiger charge is -2.33. The summed E-state index contributed by atoms with van der Waals surface area (Å²) in [5.74, 6) is -0.142. The fraction of sp³-hybridized carbons (Fsp3) is 0.700. The number of piperazine rings is 1. The highest BCUT2D eigenvalue weighted by Gasteiger charge is 2.19. The zero-order valence-electron chi connectivity index (χ0n) is 9.83. The summed E-state index contributed by atoms with van der Waals surface area (Å²) >= 11 is 1.56. The molecular formula is C10H16N4O2S. The third-order valence-corrected chi connectivity index (χ3v) is 3.60. The van der Waals surface area contributed by atoms with Gasteiger partial charge in [0.1, 0.15) is 5.51 Å². The number of hydrogen-bond acceptors (Lipinski definition) is 7. The summed E-state index contributed by atoms with van der Waals surface area (Å²) in [4.78, 5) is 15.5. The summed E-state index contributed by atoms with van der Waals surface area (Å²) in [5.41, 5.74) is 1.75. The molecule has 1 saturated heterocycles. The summed E-state index contributed by atoms with van der Waals surface area (Å²) in [6, 6.07) is 0. The molecule has 2 heterocycles. The molecule has 0 aliphatic carbocycles. The Hall–Kier alpha value is -1.21. The van der Waals surface area contributed by atoms with Crippen LogP contribution in [-0.4, -0.2) is 60.9 Å². The van der Waals surface area contributed by atoms with Crippen molar-refractivity contribution >= 4 is 22.4 Å². The maximum absolute atomic E-state index is 11.0. The number of anilines is 1. The first-order chi connectivity index (χ1) is 8.29. The number of rotatable bonds is 4. The number of carbonyl (C=O) groups is 1. The van der Waals surface area contributed by atoms with Gasteiger partial charge in [-0.1, -0.05) is 11.3 Å². The second-order valence-electron chi connectivity index (χ2n) is 3.88. The summed E-state index contributed by atoms with van der Waals surface area (Å²) in [5, 5.41) is 8.88. The molecular weight excluding hydrogens is 240 g/mol. The summed E-state index contributed by atoms with van der Waals surface area (Å²) < 4.78 is 4.63. The minimum atomic E-state index is -0.142. The third-order valence-electron chi connectivity index (χ3n) is 2.85. The minimum absolute atomic E-state index is 0.142. The van der Waals surface area contributed by atoms with E-state index in [0.29, 0.717) is 6.42 Å². The first-order valence-electron chi connectivity index (χ1n) is 5.60. The topological polar surface area (TPSA) is 58.6 Å². The molecule has 0 bridgehead atoms. The van der Waals surface area contributed by atoms with Crippen LogP contribution in [0.3, 0.4) is 0 Å². The van der Waals surface area contributed by atoms with E-state index in [9.17, 15) is 4.79 Å². The van der Waals surface area contributed by atoms with Gasteiger partial charge in [-0.15, -0.1) is 10.2 Å². The lowest BCUT2D eigenvalue weighted by atomic mass is 10.3. The molecule has 0 spiro atoms. The van der Waals surface area contributed by atoms with Gasteiger partial charge >= 0.3 is 5.97 Å². The number of nitrogens with zero attached hydrogens (tertiary/aromatic N) is 4. The molecule has 1 aromatic heterocycles. The molecule has 0 aromatic carbocycles. The fourth-order valence-corrected chi connectivity index (χ4v) is 2.43. The number of ether oxygens (including phenoxy) is 1. The summed E-state index contributed by atoms with van der Waals surface area (Å²) in [6.07, 6.45) is 0.468. The van der Waals surface area contributed by atoms with E-state index in [1.165, 1.54) is 7.11 Å². The van der Waals surface area contributed by atoms with Crippen molar-refractivity contribution in [3.05, 3.63) is 5.51 Å². The Morgan fingerprint density at radius 3 is 2.82 bits per heavy atom. The quantitative estimate of drug-likeness (QED) is 0.718. The Morgan fingerprint density at radius 2 is 2.24 bits per heavy atom. The Morgan fingerprint density at radius 1 is 1.47 bits per heavy atom. The second-order valence-corrected chi connectivity index (χ2v) is 4.69. The second kappa shape index (κ2) is 5.92. The molecule has 7 heteroatoms. The lowest BCUT2D eigenvalue weighted by Crippen LogP contribution is -2.46. The fourth-order valence-electron chi connectivity index (χ4n) is 1.82. The summed E-state index contributed by atoms with van der Waals surface area (Å²) in [6.45, 7) is 4.57. The van der Waals surface area contributed by atoms with E-state index in [2.05, 4.69) is 24.7 Å². The van der Waals surface area contributed by atoms with Crippen molar-refractivity contribution in [3.63, 3.8) is 0 Å². The van der Waals surface area contributed by atoms with Gasteiger partial charge < -0.3 is 9.64 Å². The average Bonchev–Trinajstić information content (AvgIpc) is 2.90. The molecule has 1 fully saturated rings. The van der Waals surface area contributed by atoms with Crippen LogP contribution in [0, 0.1) is 0 Å². The van der Waals surface area contributed by atoms with E-state index in [4.69, 9.17) is 0 Å². The number of esters is 1. The van der Waals surface area contributed by atoms with Gasteiger partial charge in [0.15, 0.2) is 0 Å². The molecule has 94 valence electrons. The lowest BCUT2D eigenvalue weighted by molar-refractivity contribution is -0.141. The maximum Gasteiger partial charge on any atom is 0.306 e. The first kappa shape index (κ1) is 12.3. The van der Waals surface area contributed by atoms with E-state index in [1.54, 1.807) is 16.8 Å². The van der Waals surface area contributed by atoms with E-state index in [0.717, 1.165) is 37.9 Å².